The van der Waals surface area contributed by atoms with E-state index in [0.717, 1.165) is 23.7 Å². The first kappa shape index (κ1) is 6.36. The van der Waals surface area contributed by atoms with Crippen molar-refractivity contribution in [2.45, 2.75) is 0 Å². The summed E-state index contributed by atoms with van der Waals surface area (Å²) in [5, 5.41) is 0. The molecule has 0 radical (unpaired) electrons. The molecule has 2 fully saturated rings. The van der Waals surface area contributed by atoms with Crippen LogP contribution in [0.5, 0.6) is 0 Å². The molecule has 1 aliphatic heterocycles. The van der Waals surface area contributed by atoms with Crippen LogP contribution in [-0.2, 0) is 0 Å². The molecule has 11 heavy (non-hydrogen) atoms. The Morgan fingerprint density at radius 2 is 1.45 bits per heavy atom. The van der Waals surface area contributed by atoms with Gasteiger partial charge in [-0.2, -0.15) is 11.8 Å². The number of thioether (sulfide) groups is 1. The van der Waals surface area contributed by atoms with Crippen molar-refractivity contribution in [3.8, 4) is 0 Å². The molecule has 0 unspecified atom stereocenters. The summed E-state index contributed by atoms with van der Waals surface area (Å²) in [5.41, 5.74) is 0. The molecule has 0 N–H and O–H groups in total. The average molecular weight is 164 g/mol. The highest BCUT2D eigenvalue weighted by Gasteiger charge is 2.50. The van der Waals surface area contributed by atoms with Crippen LogP contribution >= 0.6 is 11.8 Å². The second-order valence-electron chi connectivity index (χ2n) is 3.79. The maximum absolute atomic E-state index is 2.43. The van der Waals surface area contributed by atoms with E-state index in [1.54, 1.807) is 0 Å². The monoisotopic (exact) mass is 164 g/mol. The molecule has 0 nitrogen and oxygen atoms in total. The molecule has 0 aromatic carbocycles. The van der Waals surface area contributed by atoms with Gasteiger partial charge in [0.1, 0.15) is 0 Å². The molecule has 1 saturated heterocycles. The molecule has 0 spiro atoms. The van der Waals surface area contributed by atoms with E-state index in [1.165, 1.54) is 11.5 Å². The lowest BCUT2D eigenvalue weighted by molar-refractivity contribution is 0.0760. The van der Waals surface area contributed by atoms with E-state index in [1.807, 2.05) is 0 Å². The Morgan fingerprint density at radius 1 is 0.909 bits per heavy atom. The van der Waals surface area contributed by atoms with Gasteiger partial charge in [0, 0.05) is 0 Å². The number of hydrogen-bond acceptors (Lipinski definition) is 1. The summed E-state index contributed by atoms with van der Waals surface area (Å²) in [6.07, 6.45) is 9.34. The van der Waals surface area contributed by atoms with Gasteiger partial charge in [0.05, 0.1) is 0 Å². The third kappa shape index (κ3) is 0.725. The van der Waals surface area contributed by atoms with Crippen LogP contribution in [0.4, 0.5) is 0 Å². The number of allylic oxidation sites excluding steroid dienone is 4. The highest BCUT2D eigenvalue weighted by atomic mass is 32.2. The topological polar surface area (TPSA) is 0 Å². The second kappa shape index (κ2) is 2.16. The third-order valence-electron chi connectivity index (χ3n) is 3.38. The first-order chi connectivity index (χ1) is 5.47. The first-order valence-corrected chi connectivity index (χ1v) is 5.55. The largest absolute Gasteiger partial charge is 0.161 e. The van der Waals surface area contributed by atoms with Crippen molar-refractivity contribution in [3.63, 3.8) is 0 Å². The molecule has 0 aromatic heterocycles. The minimum absolute atomic E-state index is 0.941. The van der Waals surface area contributed by atoms with Gasteiger partial charge in [-0.05, 0) is 35.2 Å². The zero-order valence-corrected chi connectivity index (χ0v) is 7.26. The average Bonchev–Trinajstić information content (AvgIpc) is 2.39. The lowest BCUT2D eigenvalue weighted by atomic mass is 9.58. The Labute approximate surface area is 71.8 Å². The molecule has 1 saturated carbocycles. The summed E-state index contributed by atoms with van der Waals surface area (Å²) in [6, 6.07) is 0. The van der Waals surface area contributed by atoms with Gasteiger partial charge in [0.15, 0.2) is 0 Å². The second-order valence-corrected chi connectivity index (χ2v) is 4.86. The van der Waals surface area contributed by atoms with Crippen LogP contribution in [0.1, 0.15) is 0 Å². The van der Waals surface area contributed by atoms with Crippen molar-refractivity contribution in [2.24, 2.45) is 23.7 Å². The SMILES string of the molecule is C1=CC2C3CSCC2C3C=C1. The number of rotatable bonds is 0. The maximum Gasteiger partial charge on any atom is -0.00275 e. The first-order valence-electron chi connectivity index (χ1n) is 4.39. The van der Waals surface area contributed by atoms with Crippen molar-refractivity contribution in [1.82, 2.24) is 0 Å². The highest BCUT2D eigenvalue weighted by molar-refractivity contribution is 7.99. The van der Waals surface area contributed by atoms with E-state index in [-0.39, 0.29) is 0 Å². The standard InChI is InChI=1S/C10H12S/c1-2-4-8-9-5-11-6-10(8)7(9)3-1/h1-4,7-10H,5-6H2. The fraction of sp³-hybridized carbons (Fsp3) is 0.600. The lowest BCUT2D eigenvalue weighted by Crippen LogP contribution is -2.50. The quantitative estimate of drug-likeness (QED) is 0.529. The molecule has 0 aromatic rings. The van der Waals surface area contributed by atoms with Crippen LogP contribution in [0.2, 0.25) is 0 Å². The Balaban J connectivity index is 1.98. The highest BCUT2D eigenvalue weighted by Crippen LogP contribution is 2.55. The molecular weight excluding hydrogens is 152 g/mol. The van der Waals surface area contributed by atoms with Gasteiger partial charge in [-0.1, -0.05) is 24.3 Å². The van der Waals surface area contributed by atoms with Crippen molar-refractivity contribution < 1.29 is 0 Å². The van der Waals surface area contributed by atoms with Gasteiger partial charge < -0.3 is 0 Å². The molecular formula is C10H12S. The Kier molecular flexibility index (Phi) is 1.25. The van der Waals surface area contributed by atoms with Crippen molar-refractivity contribution in [2.75, 3.05) is 11.5 Å². The molecule has 0 amide bonds. The predicted octanol–water partition coefficient (Wildman–Crippen LogP) is 2.34. The van der Waals surface area contributed by atoms with Crippen LogP contribution in [0, 0.1) is 23.7 Å². The van der Waals surface area contributed by atoms with Crippen molar-refractivity contribution in [3.05, 3.63) is 24.3 Å². The van der Waals surface area contributed by atoms with Crippen LogP contribution < -0.4 is 0 Å². The molecule has 4 bridgehead atoms. The summed E-state index contributed by atoms with van der Waals surface area (Å²) >= 11 is 2.15. The van der Waals surface area contributed by atoms with E-state index in [0.29, 0.717) is 0 Å². The van der Waals surface area contributed by atoms with Gasteiger partial charge in [-0.25, -0.2) is 0 Å². The molecule has 1 heterocycles. The third-order valence-corrected chi connectivity index (χ3v) is 4.62. The lowest BCUT2D eigenvalue weighted by Gasteiger charge is -2.53. The number of hydrogen-bond donors (Lipinski definition) is 0. The molecule has 1 heteroatoms. The van der Waals surface area contributed by atoms with E-state index in [2.05, 4.69) is 36.1 Å². The fourth-order valence-electron chi connectivity index (χ4n) is 2.74. The van der Waals surface area contributed by atoms with Gasteiger partial charge >= 0.3 is 0 Å². The summed E-state index contributed by atoms with van der Waals surface area (Å²) in [5.74, 6) is 6.68. The van der Waals surface area contributed by atoms with Gasteiger partial charge in [-0.3, -0.25) is 0 Å². The zero-order valence-electron chi connectivity index (χ0n) is 6.44. The number of fused-ring (bicyclic) bond motifs is 1. The van der Waals surface area contributed by atoms with E-state index in [4.69, 9.17) is 0 Å². The summed E-state index contributed by atoms with van der Waals surface area (Å²) in [7, 11) is 0. The Morgan fingerprint density at radius 3 is 2.00 bits per heavy atom. The van der Waals surface area contributed by atoms with E-state index >= 15 is 0 Å². The van der Waals surface area contributed by atoms with Gasteiger partial charge in [0.25, 0.3) is 0 Å². The Hall–Kier alpha value is -0.170. The summed E-state index contributed by atoms with van der Waals surface area (Å²) in [4.78, 5) is 0. The minimum Gasteiger partial charge on any atom is -0.161 e. The van der Waals surface area contributed by atoms with Crippen LogP contribution in [-0.4, -0.2) is 11.5 Å². The summed E-state index contributed by atoms with van der Waals surface area (Å²) in [6.45, 7) is 0. The minimum atomic E-state index is 0.941. The molecule has 58 valence electrons. The Bertz CT molecular complexity index is 197. The normalized spacial score (nSPS) is 51.6. The van der Waals surface area contributed by atoms with Crippen LogP contribution in [0.15, 0.2) is 24.3 Å². The van der Waals surface area contributed by atoms with Crippen LogP contribution in [0.3, 0.4) is 0 Å². The van der Waals surface area contributed by atoms with Gasteiger partial charge in [-0.15, -0.1) is 0 Å². The van der Waals surface area contributed by atoms with E-state index in [9.17, 15) is 0 Å². The maximum atomic E-state index is 2.43. The van der Waals surface area contributed by atoms with Gasteiger partial charge in [0.2, 0.25) is 0 Å². The smallest absolute Gasteiger partial charge is 0.00275 e. The van der Waals surface area contributed by atoms with Crippen molar-refractivity contribution >= 4 is 11.8 Å². The molecule has 4 rings (SSSR count). The van der Waals surface area contributed by atoms with E-state index < -0.39 is 0 Å². The molecule has 0 atom stereocenters. The molecule has 4 aliphatic rings. The van der Waals surface area contributed by atoms with Crippen LogP contribution in [0.25, 0.3) is 0 Å². The predicted molar refractivity (Wildman–Crippen MR) is 49.6 cm³/mol. The fourth-order valence-corrected chi connectivity index (χ4v) is 4.31. The summed E-state index contributed by atoms with van der Waals surface area (Å²) < 4.78 is 0. The molecule has 3 aliphatic carbocycles. The zero-order chi connectivity index (χ0) is 7.26. The van der Waals surface area contributed by atoms with Crippen molar-refractivity contribution in [1.29, 1.82) is 0 Å².